The van der Waals surface area contributed by atoms with Crippen molar-refractivity contribution < 1.29 is 14.6 Å². The first-order valence-electron chi connectivity index (χ1n) is 8.60. The van der Waals surface area contributed by atoms with Crippen LogP contribution in [-0.4, -0.2) is 30.3 Å². The summed E-state index contributed by atoms with van der Waals surface area (Å²) in [7, 11) is 1.69. The van der Waals surface area contributed by atoms with E-state index in [1.807, 2.05) is 44.2 Å². The van der Waals surface area contributed by atoms with E-state index in [-0.39, 0.29) is 24.0 Å². The van der Waals surface area contributed by atoms with Gasteiger partial charge in [0.1, 0.15) is 0 Å². The Labute approximate surface area is 139 Å². The monoisotopic (exact) mass is 319 g/mol. The van der Waals surface area contributed by atoms with Gasteiger partial charge in [0.05, 0.1) is 24.2 Å². The molecule has 0 spiro atoms. The van der Waals surface area contributed by atoms with Crippen molar-refractivity contribution >= 4 is 5.91 Å². The lowest BCUT2D eigenvalue weighted by Crippen LogP contribution is -2.45. The van der Waals surface area contributed by atoms with Crippen LogP contribution in [0.2, 0.25) is 0 Å². The van der Waals surface area contributed by atoms with E-state index in [0.29, 0.717) is 5.92 Å². The third-order valence-corrected chi connectivity index (χ3v) is 5.03. The SMILES string of the molecule is CO[C@@H](C1CCCC1)[C@@H](C)C(=O)N[C@H](C)[C@@H](O)c1ccccc1. The van der Waals surface area contributed by atoms with E-state index in [9.17, 15) is 9.90 Å². The third-order valence-electron chi connectivity index (χ3n) is 5.03. The number of methoxy groups -OCH3 is 1. The van der Waals surface area contributed by atoms with E-state index < -0.39 is 6.10 Å². The number of hydrogen-bond acceptors (Lipinski definition) is 3. The molecule has 0 saturated heterocycles. The number of benzene rings is 1. The molecule has 1 saturated carbocycles. The second-order valence-corrected chi connectivity index (χ2v) is 6.69. The Balaban J connectivity index is 1.94. The van der Waals surface area contributed by atoms with E-state index in [4.69, 9.17) is 4.74 Å². The van der Waals surface area contributed by atoms with Crippen molar-refractivity contribution in [1.29, 1.82) is 0 Å². The largest absolute Gasteiger partial charge is 0.386 e. The quantitative estimate of drug-likeness (QED) is 0.812. The van der Waals surface area contributed by atoms with Gasteiger partial charge in [0.15, 0.2) is 0 Å². The maximum Gasteiger partial charge on any atom is 0.225 e. The van der Waals surface area contributed by atoms with Crippen LogP contribution in [0.15, 0.2) is 30.3 Å². The maximum atomic E-state index is 12.5. The van der Waals surface area contributed by atoms with Crippen molar-refractivity contribution in [2.45, 2.75) is 57.8 Å². The van der Waals surface area contributed by atoms with Gasteiger partial charge in [-0.25, -0.2) is 0 Å². The van der Waals surface area contributed by atoms with E-state index in [1.165, 1.54) is 12.8 Å². The predicted octanol–water partition coefficient (Wildman–Crippen LogP) is 3.07. The van der Waals surface area contributed by atoms with Gasteiger partial charge in [0.2, 0.25) is 5.91 Å². The summed E-state index contributed by atoms with van der Waals surface area (Å²) < 4.78 is 5.62. The van der Waals surface area contributed by atoms with Gasteiger partial charge in [-0.2, -0.15) is 0 Å². The summed E-state index contributed by atoms with van der Waals surface area (Å²) in [6.45, 7) is 3.75. The molecule has 1 aliphatic carbocycles. The topological polar surface area (TPSA) is 58.6 Å². The Morgan fingerprint density at radius 2 is 1.83 bits per heavy atom. The Hall–Kier alpha value is -1.39. The van der Waals surface area contributed by atoms with Crippen LogP contribution in [0.3, 0.4) is 0 Å². The van der Waals surface area contributed by atoms with Gasteiger partial charge < -0.3 is 15.2 Å². The molecule has 1 aromatic carbocycles. The van der Waals surface area contributed by atoms with Gasteiger partial charge in [0, 0.05) is 7.11 Å². The number of aliphatic hydroxyl groups excluding tert-OH is 1. The van der Waals surface area contributed by atoms with Crippen LogP contribution >= 0.6 is 0 Å². The Morgan fingerprint density at radius 3 is 2.39 bits per heavy atom. The van der Waals surface area contributed by atoms with Gasteiger partial charge in [0.25, 0.3) is 0 Å². The van der Waals surface area contributed by atoms with Crippen molar-refractivity contribution in [1.82, 2.24) is 5.32 Å². The molecule has 0 unspecified atom stereocenters. The molecule has 1 aliphatic rings. The average Bonchev–Trinajstić information content (AvgIpc) is 3.09. The van der Waals surface area contributed by atoms with Crippen LogP contribution in [0.4, 0.5) is 0 Å². The molecule has 0 aromatic heterocycles. The molecule has 2 N–H and O–H groups in total. The standard InChI is InChI=1S/C19H29NO3/c1-13(18(23-3)16-11-7-8-12-16)19(22)20-14(2)17(21)15-9-5-4-6-10-15/h4-6,9-10,13-14,16-18,21H,7-8,11-12H2,1-3H3,(H,20,22)/t13-,14-,17-,18-/m1/s1. The molecular formula is C19H29NO3. The Morgan fingerprint density at radius 1 is 1.22 bits per heavy atom. The zero-order valence-corrected chi connectivity index (χ0v) is 14.4. The number of rotatable bonds is 7. The first-order valence-corrected chi connectivity index (χ1v) is 8.60. The van der Waals surface area contributed by atoms with Gasteiger partial charge in [-0.1, -0.05) is 50.1 Å². The van der Waals surface area contributed by atoms with Crippen LogP contribution in [0.25, 0.3) is 0 Å². The lowest BCUT2D eigenvalue weighted by Gasteiger charge is -2.29. The molecule has 1 fully saturated rings. The minimum absolute atomic E-state index is 0.0430. The molecule has 0 heterocycles. The normalized spacial score (nSPS) is 20.7. The number of nitrogens with one attached hydrogen (secondary N) is 1. The van der Waals surface area contributed by atoms with Gasteiger partial charge in [-0.05, 0) is 31.2 Å². The summed E-state index contributed by atoms with van der Waals surface area (Å²) in [6.07, 6.45) is 3.97. The first kappa shape index (κ1) is 18.0. The molecule has 4 nitrogen and oxygen atoms in total. The van der Waals surface area contributed by atoms with Gasteiger partial charge in [-0.15, -0.1) is 0 Å². The van der Waals surface area contributed by atoms with Crippen LogP contribution in [0, 0.1) is 11.8 Å². The maximum absolute atomic E-state index is 12.5. The van der Waals surface area contributed by atoms with Crippen LogP contribution in [0.5, 0.6) is 0 Å². The molecular weight excluding hydrogens is 290 g/mol. The van der Waals surface area contributed by atoms with E-state index in [2.05, 4.69) is 5.32 Å². The fraction of sp³-hybridized carbons (Fsp3) is 0.632. The second-order valence-electron chi connectivity index (χ2n) is 6.69. The molecule has 128 valence electrons. The highest BCUT2D eigenvalue weighted by molar-refractivity contribution is 5.79. The third kappa shape index (κ3) is 4.55. The highest BCUT2D eigenvalue weighted by atomic mass is 16.5. The molecule has 4 heteroatoms. The highest BCUT2D eigenvalue weighted by Gasteiger charge is 2.33. The molecule has 1 amide bonds. The molecule has 0 bridgehead atoms. The Bertz CT molecular complexity index is 485. The number of amides is 1. The summed E-state index contributed by atoms with van der Waals surface area (Å²) >= 11 is 0. The summed E-state index contributed by atoms with van der Waals surface area (Å²) in [5.41, 5.74) is 0.812. The summed E-state index contributed by atoms with van der Waals surface area (Å²) in [5.74, 6) is 0.204. The van der Waals surface area contributed by atoms with E-state index >= 15 is 0 Å². The van der Waals surface area contributed by atoms with Crippen molar-refractivity contribution in [3.05, 3.63) is 35.9 Å². The number of carbonyl (C=O) groups is 1. The first-order chi connectivity index (χ1) is 11.0. The molecule has 2 rings (SSSR count). The molecule has 0 radical (unpaired) electrons. The molecule has 0 aliphatic heterocycles. The smallest absolute Gasteiger partial charge is 0.225 e. The van der Waals surface area contributed by atoms with E-state index in [1.54, 1.807) is 7.11 Å². The number of aliphatic hydroxyl groups is 1. The van der Waals surface area contributed by atoms with Crippen molar-refractivity contribution in [3.8, 4) is 0 Å². The predicted molar refractivity (Wildman–Crippen MR) is 90.9 cm³/mol. The van der Waals surface area contributed by atoms with Gasteiger partial charge in [-0.3, -0.25) is 4.79 Å². The van der Waals surface area contributed by atoms with Crippen molar-refractivity contribution in [2.24, 2.45) is 11.8 Å². The van der Waals surface area contributed by atoms with E-state index in [0.717, 1.165) is 18.4 Å². The number of ether oxygens (including phenoxy) is 1. The van der Waals surface area contributed by atoms with Crippen LogP contribution in [0.1, 0.15) is 51.2 Å². The minimum atomic E-state index is -0.708. The summed E-state index contributed by atoms with van der Waals surface area (Å²) in [4.78, 5) is 12.5. The zero-order chi connectivity index (χ0) is 16.8. The number of carbonyl (C=O) groups excluding carboxylic acids is 1. The Kier molecular flexibility index (Phi) is 6.60. The van der Waals surface area contributed by atoms with Crippen molar-refractivity contribution in [3.63, 3.8) is 0 Å². The number of hydrogen-bond donors (Lipinski definition) is 2. The average molecular weight is 319 g/mol. The highest BCUT2D eigenvalue weighted by Crippen LogP contribution is 2.32. The lowest BCUT2D eigenvalue weighted by atomic mass is 9.89. The second kappa shape index (κ2) is 8.46. The lowest BCUT2D eigenvalue weighted by molar-refractivity contribution is -0.131. The molecule has 4 atom stereocenters. The van der Waals surface area contributed by atoms with Crippen LogP contribution < -0.4 is 5.32 Å². The minimum Gasteiger partial charge on any atom is -0.386 e. The van der Waals surface area contributed by atoms with Crippen molar-refractivity contribution in [2.75, 3.05) is 7.11 Å². The fourth-order valence-corrected chi connectivity index (χ4v) is 3.61. The molecule has 23 heavy (non-hydrogen) atoms. The van der Waals surface area contributed by atoms with Crippen LogP contribution in [-0.2, 0) is 9.53 Å². The fourth-order valence-electron chi connectivity index (χ4n) is 3.61. The van der Waals surface area contributed by atoms with Gasteiger partial charge >= 0.3 is 0 Å². The summed E-state index contributed by atoms with van der Waals surface area (Å²) in [5, 5.41) is 13.3. The zero-order valence-electron chi connectivity index (χ0n) is 14.4. The summed E-state index contributed by atoms with van der Waals surface area (Å²) in [6, 6.07) is 9.08. The molecule has 1 aromatic rings.